The van der Waals surface area contributed by atoms with Crippen molar-refractivity contribution in [2.45, 2.75) is 6.92 Å². The van der Waals surface area contributed by atoms with Gasteiger partial charge in [0.2, 0.25) is 0 Å². The Kier molecular flexibility index (Phi) is 3.95. The maximum atomic E-state index is 11.8. The molecule has 0 spiro atoms. The van der Waals surface area contributed by atoms with Crippen LogP contribution in [0.15, 0.2) is 42.7 Å². The minimum absolute atomic E-state index is 0.0227. The minimum Gasteiger partial charge on any atom is -0.484 e. The summed E-state index contributed by atoms with van der Waals surface area (Å²) in [5.41, 5.74) is 1.75. The predicted molar refractivity (Wildman–Crippen MR) is 70.3 cm³/mol. The van der Waals surface area contributed by atoms with Crippen molar-refractivity contribution in [1.82, 2.24) is 4.98 Å². The molecule has 4 heteroatoms. The number of rotatable bonds is 4. The van der Waals surface area contributed by atoms with Gasteiger partial charge in [0.25, 0.3) is 0 Å². The third-order valence-corrected chi connectivity index (χ3v) is 2.63. The monoisotopic (exact) mass is 261 g/mol. The standard InChI is InChI=1S/C14H12ClNO2/c1-10-2-4-11(5-3-10)14(17)9-18-13-6-12(15)7-16-8-13/h2-8H,9H2,1H3. The van der Waals surface area contributed by atoms with E-state index < -0.39 is 0 Å². The summed E-state index contributed by atoms with van der Waals surface area (Å²) in [6, 6.07) is 8.99. The van der Waals surface area contributed by atoms with Crippen molar-refractivity contribution in [3.8, 4) is 5.75 Å². The Bertz CT molecular complexity index is 552. The van der Waals surface area contributed by atoms with Crippen LogP contribution < -0.4 is 4.74 Å². The molecule has 92 valence electrons. The molecule has 0 aliphatic heterocycles. The molecule has 0 N–H and O–H groups in total. The summed E-state index contributed by atoms with van der Waals surface area (Å²) < 4.78 is 5.34. The molecule has 0 unspecified atom stereocenters. The van der Waals surface area contributed by atoms with Crippen molar-refractivity contribution in [3.63, 3.8) is 0 Å². The first kappa shape index (κ1) is 12.6. The van der Waals surface area contributed by atoms with Gasteiger partial charge in [0.1, 0.15) is 5.75 Å². The van der Waals surface area contributed by atoms with Crippen LogP contribution in [0.5, 0.6) is 5.75 Å². The average Bonchev–Trinajstić information content (AvgIpc) is 2.37. The molecular weight excluding hydrogens is 250 g/mol. The van der Waals surface area contributed by atoms with E-state index in [1.807, 2.05) is 19.1 Å². The van der Waals surface area contributed by atoms with Crippen molar-refractivity contribution >= 4 is 17.4 Å². The van der Waals surface area contributed by atoms with E-state index in [1.165, 1.54) is 12.4 Å². The highest BCUT2D eigenvalue weighted by molar-refractivity contribution is 6.30. The molecule has 0 atom stereocenters. The Morgan fingerprint density at radius 2 is 2.00 bits per heavy atom. The van der Waals surface area contributed by atoms with E-state index in [4.69, 9.17) is 16.3 Å². The van der Waals surface area contributed by atoms with Crippen LogP contribution in [-0.2, 0) is 0 Å². The summed E-state index contributed by atoms with van der Waals surface area (Å²) in [4.78, 5) is 15.7. The van der Waals surface area contributed by atoms with Crippen LogP contribution in [0.3, 0.4) is 0 Å². The topological polar surface area (TPSA) is 39.2 Å². The van der Waals surface area contributed by atoms with Crippen LogP contribution in [-0.4, -0.2) is 17.4 Å². The van der Waals surface area contributed by atoms with Crippen molar-refractivity contribution in [2.24, 2.45) is 0 Å². The second-order valence-corrected chi connectivity index (χ2v) is 4.35. The maximum Gasteiger partial charge on any atom is 0.200 e. The molecule has 0 radical (unpaired) electrons. The van der Waals surface area contributed by atoms with Gasteiger partial charge in [-0.05, 0) is 6.92 Å². The average molecular weight is 262 g/mol. The summed E-state index contributed by atoms with van der Waals surface area (Å²) in [6.45, 7) is 1.95. The molecule has 1 heterocycles. The number of Topliss-reactive ketones (excluding diaryl/α,β-unsaturated/α-hetero) is 1. The highest BCUT2D eigenvalue weighted by Crippen LogP contribution is 2.15. The van der Waals surface area contributed by atoms with E-state index in [1.54, 1.807) is 18.2 Å². The van der Waals surface area contributed by atoms with Crippen molar-refractivity contribution in [3.05, 3.63) is 58.9 Å². The SMILES string of the molecule is Cc1ccc(C(=O)COc2cncc(Cl)c2)cc1. The zero-order chi connectivity index (χ0) is 13.0. The Morgan fingerprint density at radius 3 is 2.67 bits per heavy atom. The maximum absolute atomic E-state index is 11.8. The molecule has 0 saturated carbocycles. The number of ketones is 1. The predicted octanol–water partition coefficient (Wildman–Crippen LogP) is 3.31. The molecule has 2 rings (SSSR count). The van der Waals surface area contributed by atoms with E-state index in [-0.39, 0.29) is 12.4 Å². The normalized spacial score (nSPS) is 10.1. The fraction of sp³-hybridized carbons (Fsp3) is 0.143. The van der Waals surface area contributed by atoms with Gasteiger partial charge in [0, 0.05) is 17.8 Å². The molecule has 0 bridgehead atoms. The summed E-state index contributed by atoms with van der Waals surface area (Å²) in [6.07, 6.45) is 3.03. The number of aromatic nitrogens is 1. The number of pyridine rings is 1. The first-order valence-corrected chi connectivity index (χ1v) is 5.86. The number of carbonyl (C=O) groups excluding carboxylic acids is 1. The summed E-state index contributed by atoms with van der Waals surface area (Å²) in [7, 11) is 0. The van der Waals surface area contributed by atoms with Gasteiger partial charge in [-0.15, -0.1) is 0 Å². The van der Waals surface area contributed by atoms with Crippen LogP contribution in [0.4, 0.5) is 0 Å². The summed E-state index contributed by atoms with van der Waals surface area (Å²) in [5, 5.41) is 0.482. The second-order valence-electron chi connectivity index (χ2n) is 3.92. The lowest BCUT2D eigenvalue weighted by Gasteiger charge is -2.05. The lowest BCUT2D eigenvalue weighted by Crippen LogP contribution is -2.11. The van der Waals surface area contributed by atoms with Gasteiger partial charge in [0.15, 0.2) is 12.4 Å². The smallest absolute Gasteiger partial charge is 0.200 e. The zero-order valence-electron chi connectivity index (χ0n) is 9.89. The first-order valence-electron chi connectivity index (χ1n) is 5.48. The number of carbonyl (C=O) groups is 1. The molecule has 1 aromatic carbocycles. The third-order valence-electron chi connectivity index (χ3n) is 2.42. The van der Waals surface area contributed by atoms with Crippen LogP contribution in [0.1, 0.15) is 15.9 Å². The number of nitrogens with zero attached hydrogens (tertiary/aromatic N) is 1. The number of hydrogen-bond donors (Lipinski definition) is 0. The van der Waals surface area contributed by atoms with Gasteiger partial charge < -0.3 is 4.74 Å². The molecule has 2 aromatic rings. The molecule has 0 fully saturated rings. The molecule has 18 heavy (non-hydrogen) atoms. The molecule has 0 aliphatic carbocycles. The Labute approximate surface area is 110 Å². The van der Waals surface area contributed by atoms with Gasteiger partial charge >= 0.3 is 0 Å². The molecule has 1 aromatic heterocycles. The largest absolute Gasteiger partial charge is 0.484 e. The highest BCUT2D eigenvalue weighted by Gasteiger charge is 2.06. The van der Waals surface area contributed by atoms with E-state index in [0.29, 0.717) is 16.3 Å². The van der Waals surface area contributed by atoms with E-state index >= 15 is 0 Å². The van der Waals surface area contributed by atoms with Crippen LogP contribution >= 0.6 is 11.6 Å². The van der Waals surface area contributed by atoms with E-state index in [2.05, 4.69) is 4.98 Å². The van der Waals surface area contributed by atoms with Crippen LogP contribution in [0.25, 0.3) is 0 Å². The molecule has 0 aliphatic rings. The summed E-state index contributed by atoms with van der Waals surface area (Å²) >= 11 is 5.77. The van der Waals surface area contributed by atoms with Gasteiger partial charge in [-0.25, -0.2) is 0 Å². The van der Waals surface area contributed by atoms with Gasteiger partial charge in [-0.3, -0.25) is 9.78 Å². The molecule has 3 nitrogen and oxygen atoms in total. The van der Waals surface area contributed by atoms with Gasteiger partial charge in [-0.1, -0.05) is 41.4 Å². The number of benzene rings is 1. The van der Waals surface area contributed by atoms with Crippen molar-refractivity contribution < 1.29 is 9.53 Å². The van der Waals surface area contributed by atoms with Crippen molar-refractivity contribution in [1.29, 1.82) is 0 Å². The molecular formula is C14H12ClNO2. The Hall–Kier alpha value is -1.87. The quantitative estimate of drug-likeness (QED) is 0.793. The molecule has 0 saturated heterocycles. The fourth-order valence-electron chi connectivity index (χ4n) is 1.44. The van der Waals surface area contributed by atoms with Crippen molar-refractivity contribution in [2.75, 3.05) is 6.61 Å². The van der Waals surface area contributed by atoms with Gasteiger partial charge in [-0.2, -0.15) is 0 Å². The number of aryl methyl sites for hydroxylation is 1. The van der Waals surface area contributed by atoms with Gasteiger partial charge in [0.05, 0.1) is 11.2 Å². The number of halogens is 1. The Morgan fingerprint density at radius 1 is 1.28 bits per heavy atom. The lowest BCUT2D eigenvalue weighted by atomic mass is 10.1. The second kappa shape index (κ2) is 5.65. The Balaban J connectivity index is 1.98. The highest BCUT2D eigenvalue weighted by atomic mass is 35.5. The summed E-state index contributed by atoms with van der Waals surface area (Å²) in [5.74, 6) is 0.415. The number of hydrogen-bond acceptors (Lipinski definition) is 3. The lowest BCUT2D eigenvalue weighted by molar-refractivity contribution is 0.0921. The zero-order valence-corrected chi connectivity index (χ0v) is 10.6. The molecule has 0 amide bonds. The minimum atomic E-state index is -0.0741. The van der Waals surface area contributed by atoms with E-state index in [9.17, 15) is 4.79 Å². The third kappa shape index (κ3) is 3.31. The van der Waals surface area contributed by atoms with Crippen LogP contribution in [0.2, 0.25) is 5.02 Å². The van der Waals surface area contributed by atoms with Crippen LogP contribution in [0, 0.1) is 6.92 Å². The fourth-order valence-corrected chi connectivity index (χ4v) is 1.61. The number of ether oxygens (including phenoxy) is 1. The van der Waals surface area contributed by atoms with E-state index in [0.717, 1.165) is 5.56 Å². The first-order chi connectivity index (χ1) is 8.65.